The van der Waals surface area contributed by atoms with Crippen molar-refractivity contribution in [1.82, 2.24) is 0 Å². The van der Waals surface area contributed by atoms with Gasteiger partial charge in [0, 0.05) is 15.3 Å². The molecular formula is C13H9IN2O4. The van der Waals surface area contributed by atoms with E-state index in [0.29, 0.717) is 5.69 Å². The number of aromatic carboxylic acids is 1. The van der Waals surface area contributed by atoms with E-state index in [1.807, 2.05) is 24.3 Å². The molecule has 0 saturated heterocycles. The van der Waals surface area contributed by atoms with E-state index < -0.39 is 16.6 Å². The molecule has 7 heteroatoms. The second kappa shape index (κ2) is 5.87. The van der Waals surface area contributed by atoms with Gasteiger partial charge in [-0.15, -0.1) is 0 Å². The molecule has 20 heavy (non-hydrogen) atoms. The first kappa shape index (κ1) is 14.3. The predicted octanol–water partition coefficient (Wildman–Crippen LogP) is 3.64. The Kier molecular flexibility index (Phi) is 4.18. The fraction of sp³-hybridized carbons (Fsp3) is 0. The van der Waals surface area contributed by atoms with Crippen molar-refractivity contribution < 1.29 is 14.8 Å². The van der Waals surface area contributed by atoms with Crippen LogP contribution >= 0.6 is 22.6 Å². The normalized spacial score (nSPS) is 10.1. The molecule has 0 radical (unpaired) electrons. The van der Waals surface area contributed by atoms with E-state index in [1.165, 1.54) is 18.2 Å². The molecule has 2 N–H and O–H groups in total. The van der Waals surface area contributed by atoms with Crippen LogP contribution in [0.15, 0.2) is 42.5 Å². The molecule has 2 rings (SSSR count). The summed E-state index contributed by atoms with van der Waals surface area (Å²) in [4.78, 5) is 21.1. The molecule has 0 bridgehead atoms. The molecule has 0 fully saturated rings. The summed E-state index contributed by atoms with van der Waals surface area (Å²) in [7, 11) is 0. The lowest BCUT2D eigenvalue weighted by atomic mass is 10.1. The lowest BCUT2D eigenvalue weighted by Gasteiger charge is -2.09. The zero-order valence-corrected chi connectivity index (χ0v) is 12.2. The third kappa shape index (κ3) is 3.05. The maximum atomic E-state index is 11.1. The number of halogens is 1. The molecule has 2 aromatic carbocycles. The number of rotatable bonds is 4. The Hall–Kier alpha value is -2.16. The maximum absolute atomic E-state index is 11.1. The lowest BCUT2D eigenvalue weighted by Crippen LogP contribution is -2.04. The van der Waals surface area contributed by atoms with Gasteiger partial charge in [-0.1, -0.05) is 12.1 Å². The van der Waals surface area contributed by atoms with Crippen LogP contribution in [0.2, 0.25) is 0 Å². The Morgan fingerprint density at radius 3 is 2.55 bits per heavy atom. The summed E-state index contributed by atoms with van der Waals surface area (Å²) < 4.78 is 0.959. The number of carboxylic acid groups (broad SMARTS) is 1. The van der Waals surface area contributed by atoms with Gasteiger partial charge in [-0.2, -0.15) is 0 Å². The molecule has 0 unspecified atom stereocenters. The van der Waals surface area contributed by atoms with Gasteiger partial charge in [-0.25, -0.2) is 4.79 Å². The number of benzene rings is 2. The summed E-state index contributed by atoms with van der Waals surface area (Å²) in [6.45, 7) is 0. The minimum Gasteiger partial charge on any atom is -0.477 e. The van der Waals surface area contributed by atoms with Crippen molar-refractivity contribution in [2.24, 2.45) is 0 Å². The van der Waals surface area contributed by atoms with Gasteiger partial charge < -0.3 is 10.4 Å². The number of hydrogen-bond donors (Lipinski definition) is 2. The SMILES string of the molecule is O=C(O)c1cc(Nc2ccccc2I)ccc1[N+](=O)[O-]. The van der Waals surface area contributed by atoms with Gasteiger partial charge in [-0.3, -0.25) is 10.1 Å². The van der Waals surface area contributed by atoms with E-state index in [0.717, 1.165) is 9.26 Å². The first-order valence-corrected chi connectivity index (χ1v) is 6.60. The van der Waals surface area contributed by atoms with Crippen molar-refractivity contribution in [3.8, 4) is 0 Å². The molecule has 102 valence electrons. The zero-order chi connectivity index (χ0) is 14.7. The van der Waals surface area contributed by atoms with Gasteiger partial charge in [0.05, 0.1) is 10.6 Å². The fourth-order valence-corrected chi connectivity index (χ4v) is 2.18. The number of para-hydroxylation sites is 1. The van der Waals surface area contributed by atoms with Gasteiger partial charge >= 0.3 is 5.97 Å². The summed E-state index contributed by atoms with van der Waals surface area (Å²) in [5, 5.41) is 22.8. The largest absolute Gasteiger partial charge is 0.477 e. The van der Waals surface area contributed by atoms with E-state index in [1.54, 1.807) is 0 Å². The minimum atomic E-state index is -1.33. The first-order valence-electron chi connectivity index (χ1n) is 5.52. The van der Waals surface area contributed by atoms with E-state index >= 15 is 0 Å². The number of nitro groups is 1. The summed E-state index contributed by atoms with van der Waals surface area (Å²) >= 11 is 2.14. The molecule has 0 heterocycles. The monoisotopic (exact) mass is 384 g/mol. The number of carbonyl (C=O) groups is 1. The third-order valence-corrected chi connectivity index (χ3v) is 3.52. The van der Waals surface area contributed by atoms with Crippen LogP contribution in [0.25, 0.3) is 0 Å². The number of nitrogens with one attached hydrogen (secondary N) is 1. The highest BCUT2D eigenvalue weighted by atomic mass is 127. The third-order valence-electron chi connectivity index (χ3n) is 2.58. The van der Waals surface area contributed by atoms with E-state index in [2.05, 4.69) is 27.9 Å². The fourth-order valence-electron chi connectivity index (χ4n) is 1.66. The summed E-state index contributed by atoms with van der Waals surface area (Å²) in [6, 6.07) is 11.4. The van der Waals surface area contributed by atoms with Crippen molar-refractivity contribution >= 4 is 45.6 Å². The quantitative estimate of drug-likeness (QED) is 0.477. The molecule has 0 atom stereocenters. The molecular weight excluding hydrogens is 375 g/mol. The molecule has 0 saturated carbocycles. The Balaban J connectivity index is 2.40. The number of nitro benzene ring substituents is 1. The second-order valence-electron chi connectivity index (χ2n) is 3.90. The first-order chi connectivity index (χ1) is 9.49. The van der Waals surface area contributed by atoms with Gasteiger partial charge in [0.2, 0.25) is 0 Å². The van der Waals surface area contributed by atoms with Crippen LogP contribution in [0.4, 0.5) is 17.1 Å². The number of carboxylic acids is 1. The van der Waals surface area contributed by atoms with Crippen LogP contribution in [0.3, 0.4) is 0 Å². The van der Waals surface area contributed by atoms with Crippen LogP contribution in [-0.4, -0.2) is 16.0 Å². The van der Waals surface area contributed by atoms with E-state index in [9.17, 15) is 14.9 Å². The molecule has 6 nitrogen and oxygen atoms in total. The van der Waals surface area contributed by atoms with Crippen LogP contribution in [-0.2, 0) is 0 Å². The van der Waals surface area contributed by atoms with E-state index in [4.69, 9.17) is 5.11 Å². The highest BCUT2D eigenvalue weighted by molar-refractivity contribution is 14.1. The standard InChI is InChI=1S/C13H9IN2O4/c14-10-3-1-2-4-11(10)15-8-5-6-12(16(19)20)9(7-8)13(17)18/h1-7,15H,(H,17,18). The molecule has 0 amide bonds. The highest BCUT2D eigenvalue weighted by Crippen LogP contribution is 2.27. The van der Waals surface area contributed by atoms with Crippen molar-refractivity contribution in [2.75, 3.05) is 5.32 Å². The maximum Gasteiger partial charge on any atom is 0.342 e. The number of nitrogens with zero attached hydrogens (tertiary/aromatic N) is 1. The number of anilines is 2. The van der Waals surface area contributed by atoms with Crippen molar-refractivity contribution in [1.29, 1.82) is 0 Å². The molecule has 0 aliphatic carbocycles. The smallest absolute Gasteiger partial charge is 0.342 e. The zero-order valence-electron chi connectivity index (χ0n) is 10.0. The Labute approximate surface area is 127 Å². The van der Waals surface area contributed by atoms with Crippen molar-refractivity contribution in [3.63, 3.8) is 0 Å². The van der Waals surface area contributed by atoms with E-state index in [-0.39, 0.29) is 5.56 Å². The average Bonchev–Trinajstić information content (AvgIpc) is 2.41. The van der Waals surface area contributed by atoms with Crippen molar-refractivity contribution in [2.45, 2.75) is 0 Å². The van der Waals surface area contributed by atoms with Crippen LogP contribution in [0.1, 0.15) is 10.4 Å². The Morgan fingerprint density at radius 2 is 1.95 bits per heavy atom. The van der Waals surface area contributed by atoms with Gasteiger partial charge in [0.25, 0.3) is 5.69 Å². The lowest BCUT2D eigenvalue weighted by molar-refractivity contribution is -0.385. The molecule has 0 aliphatic heterocycles. The topological polar surface area (TPSA) is 92.5 Å². The summed E-state index contributed by atoms with van der Waals surface area (Å²) in [5.41, 5.74) is 0.521. The van der Waals surface area contributed by atoms with Gasteiger partial charge in [0.1, 0.15) is 5.56 Å². The number of hydrogen-bond acceptors (Lipinski definition) is 4. The molecule has 0 aliphatic rings. The van der Waals surface area contributed by atoms with Gasteiger partial charge in [0.15, 0.2) is 0 Å². The van der Waals surface area contributed by atoms with Crippen molar-refractivity contribution in [3.05, 3.63) is 61.7 Å². The molecule has 0 aromatic heterocycles. The highest BCUT2D eigenvalue weighted by Gasteiger charge is 2.20. The van der Waals surface area contributed by atoms with Crippen LogP contribution < -0.4 is 5.32 Å². The Morgan fingerprint density at radius 1 is 1.25 bits per heavy atom. The summed E-state index contributed by atoms with van der Waals surface area (Å²) in [6.07, 6.45) is 0. The Bertz CT molecular complexity index is 688. The van der Waals surface area contributed by atoms with Gasteiger partial charge in [-0.05, 0) is 46.9 Å². The average molecular weight is 384 g/mol. The summed E-state index contributed by atoms with van der Waals surface area (Å²) in [5.74, 6) is -1.33. The van der Waals surface area contributed by atoms with Crippen LogP contribution in [0.5, 0.6) is 0 Å². The second-order valence-corrected chi connectivity index (χ2v) is 5.06. The molecule has 0 spiro atoms. The van der Waals surface area contributed by atoms with Crippen LogP contribution in [0, 0.1) is 13.7 Å². The molecule has 2 aromatic rings. The predicted molar refractivity (Wildman–Crippen MR) is 82.5 cm³/mol. The minimum absolute atomic E-state index is 0.342.